The van der Waals surface area contributed by atoms with Gasteiger partial charge in [-0.15, -0.1) is 0 Å². The lowest BCUT2D eigenvalue weighted by Crippen LogP contribution is -1.92. The van der Waals surface area contributed by atoms with Gasteiger partial charge in [0.05, 0.1) is 18.4 Å². The van der Waals surface area contributed by atoms with Crippen LogP contribution < -0.4 is 4.74 Å². The molecule has 0 aliphatic heterocycles. The Morgan fingerprint density at radius 1 is 1.21 bits per heavy atom. The van der Waals surface area contributed by atoms with Crippen molar-refractivity contribution in [3.05, 3.63) is 47.9 Å². The molecular formula is C15H15N3O. The van der Waals surface area contributed by atoms with Crippen LogP contribution in [0.5, 0.6) is 5.88 Å². The van der Waals surface area contributed by atoms with E-state index in [1.54, 1.807) is 13.3 Å². The average Bonchev–Trinajstić information content (AvgIpc) is 2.75. The van der Waals surface area contributed by atoms with E-state index < -0.39 is 0 Å². The van der Waals surface area contributed by atoms with E-state index in [4.69, 9.17) is 9.72 Å². The Bertz CT molecular complexity index is 746. The summed E-state index contributed by atoms with van der Waals surface area (Å²) in [6.45, 7) is 4.12. The van der Waals surface area contributed by atoms with Crippen LogP contribution in [0.1, 0.15) is 11.3 Å². The Hall–Kier alpha value is -2.36. The highest BCUT2D eigenvalue weighted by Gasteiger charge is 2.14. The van der Waals surface area contributed by atoms with E-state index in [1.165, 1.54) is 5.56 Å². The SMILES string of the molecule is COc1ncccc1-c1nc2cc(C)ccn2c1C. The van der Waals surface area contributed by atoms with Crippen LogP contribution in [0.25, 0.3) is 16.9 Å². The highest BCUT2D eigenvalue weighted by atomic mass is 16.5. The summed E-state index contributed by atoms with van der Waals surface area (Å²) in [5.74, 6) is 0.603. The number of aromatic nitrogens is 3. The molecule has 0 aliphatic carbocycles. The summed E-state index contributed by atoms with van der Waals surface area (Å²) in [5, 5.41) is 0. The average molecular weight is 253 g/mol. The quantitative estimate of drug-likeness (QED) is 0.704. The number of fused-ring (bicyclic) bond motifs is 1. The standard InChI is InChI=1S/C15H15N3O/c1-10-6-8-18-11(2)14(17-13(18)9-10)12-5-4-7-16-15(12)19-3/h4-9H,1-3H3. The van der Waals surface area contributed by atoms with E-state index in [0.29, 0.717) is 5.88 Å². The van der Waals surface area contributed by atoms with E-state index in [1.807, 2.05) is 18.3 Å². The molecule has 0 unspecified atom stereocenters. The van der Waals surface area contributed by atoms with E-state index in [2.05, 4.69) is 35.4 Å². The van der Waals surface area contributed by atoms with Crippen molar-refractivity contribution < 1.29 is 4.74 Å². The molecule has 0 spiro atoms. The minimum absolute atomic E-state index is 0.603. The molecule has 0 amide bonds. The Labute approximate surface area is 111 Å². The van der Waals surface area contributed by atoms with E-state index in [9.17, 15) is 0 Å². The van der Waals surface area contributed by atoms with Gasteiger partial charge in [0.2, 0.25) is 5.88 Å². The van der Waals surface area contributed by atoms with Crippen molar-refractivity contribution in [2.75, 3.05) is 7.11 Å². The van der Waals surface area contributed by atoms with Crippen molar-refractivity contribution >= 4 is 5.65 Å². The van der Waals surface area contributed by atoms with Crippen LogP contribution in [-0.4, -0.2) is 21.5 Å². The zero-order valence-corrected chi connectivity index (χ0v) is 11.2. The number of hydrogen-bond donors (Lipinski definition) is 0. The molecule has 0 radical (unpaired) electrons. The third-order valence-electron chi connectivity index (χ3n) is 3.24. The molecule has 0 atom stereocenters. The van der Waals surface area contributed by atoms with Gasteiger partial charge in [-0.05, 0) is 43.7 Å². The van der Waals surface area contributed by atoms with Gasteiger partial charge in [-0.3, -0.25) is 0 Å². The molecule has 3 rings (SSSR count). The lowest BCUT2D eigenvalue weighted by Gasteiger charge is -2.05. The molecule has 0 saturated carbocycles. The third kappa shape index (κ3) is 1.85. The summed E-state index contributed by atoms with van der Waals surface area (Å²) in [4.78, 5) is 8.93. The van der Waals surface area contributed by atoms with Crippen LogP contribution in [0.15, 0.2) is 36.7 Å². The lowest BCUT2D eigenvalue weighted by molar-refractivity contribution is 0.399. The third-order valence-corrected chi connectivity index (χ3v) is 3.24. The molecule has 3 aromatic rings. The van der Waals surface area contributed by atoms with Crippen LogP contribution in [0.2, 0.25) is 0 Å². The predicted octanol–water partition coefficient (Wildman–Crippen LogP) is 3.02. The molecule has 0 fully saturated rings. The van der Waals surface area contributed by atoms with Crippen molar-refractivity contribution in [1.29, 1.82) is 0 Å². The zero-order valence-electron chi connectivity index (χ0n) is 11.2. The number of methoxy groups -OCH3 is 1. The predicted molar refractivity (Wildman–Crippen MR) is 74.4 cm³/mol. The first kappa shape index (κ1) is 11.7. The minimum Gasteiger partial charge on any atom is -0.481 e. The van der Waals surface area contributed by atoms with Crippen LogP contribution in [-0.2, 0) is 0 Å². The molecule has 3 aromatic heterocycles. The summed E-state index contributed by atoms with van der Waals surface area (Å²) in [6, 6.07) is 8.02. The Kier molecular flexibility index (Phi) is 2.71. The van der Waals surface area contributed by atoms with Crippen LogP contribution >= 0.6 is 0 Å². The molecule has 0 bridgehead atoms. The van der Waals surface area contributed by atoms with Gasteiger partial charge < -0.3 is 9.14 Å². The van der Waals surface area contributed by atoms with Crippen LogP contribution in [0, 0.1) is 13.8 Å². The largest absolute Gasteiger partial charge is 0.481 e. The van der Waals surface area contributed by atoms with E-state index >= 15 is 0 Å². The Balaban J connectivity index is 2.28. The van der Waals surface area contributed by atoms with Crippen LogP contribution in [0.4, 0.5) is 0 Å². The Morgan fingerprint density at radius 3 is 2.84 bits per heavy atom. The Morgan fingerprint density at radius 2 is 2.05 bits per heavy atom. The minimum atomic E-state index is 0.603. The van der Waals surface area contributed by atoms with Crippen molar-refractivity contribution in [3.63, 3.8) is 0 Å². The number of imidazole rings is 1. The molecule has 0 aliphatic rings. The molecule has 0 N–H and O–H groups in total. The zero-order chi connectivity index (χ0) is 13.4. The van der Waals surface area contributed by atoms with Gasteiger partial charge in [-0.25, -0.2) is 9.97 Å². The number of hydrogen-bond acceptors (Lipinski definition) is 3. The first-order valence-electron chi connectivity index (χ1n) is 6.15. The maximum Gasteiger partial charge on any atom is 0.222 e. The van der Waals surface area contributed by atoms with E-state index in [-0.39, 0.29) is 0 Å². The molecule has 19 heavy (non-hydrogen) atoms. The normalized spacial score (nSPS) is 10.9. The topological polar surface area (TPSA) is 39.4 Å². The monoisotopic (exact) mass is 253 g/mol. The maximum absolute atomic E-state index is 5.31. The van der Waals surface area contributed by atoms with Gasteiger partial charge in [0.25, 0.3) is 0 Å². The molecular weight excluding hydrogens is 238 g/mol. The summed E-state index contributed by atoms with van der Waals surface area (Å²) in [7, 11) is 1.63. The fourth-order valence-electron chi connectivity index (χ4n) is 2.26. The number of rotatable bonds is 2. The highest BCUT2D eigenvalue weighted by Crippen LogP contribution is 2.30. The highest BCUT2D eigenvalue weighted by molar-refractivity contribution is 5.70. The summed E-state index contributed by atoms with van der Waals surface area (Å²) in [6.07, 6.45) is 3.76. The summed E-state index contributed by atoms with van der Waals surface area (Å²) >= 11 is 0. The molecule has 0 aromatic carbocycles. The maximum atomic E-state index is 5.31. The number of pyridine rings is 2. The fourth-order valence-corrected chi connectivity index (χ4v) is 2.26. The van der Waals surface area contributed by atoms with Gasteiger partial charge in [-0.1, -0.05) is 0 Å². The fraction of sp³-hybridized carbons (Fsp3) is 0.200. The first-order chi connectivity index (χ1) is 9.20. The van der Waals surface area contributed by atoms with Crippen molar-refractivity contribution in [2.24, 2.45) is 0 Å². The second-order valence-corrected chi connectivity index (χ2v) is 4.54. The van der Waals surface area contributed by atoms with Gasteiger partial charge in [0.15, 0.2) is 0 Å². The van der Waals surface area contributed by atoms with Crippen molar-refractivity contribution in [1.82, 2.24) is 14.4 Å². The molecule has 4 heteroatoms. The van der Waals surface area contributed by atoms with Gasteiger partial charge in [0.1, 0.15) is 5.65 Å². The molecule has 0 saturated heterocycles. The van der Waals surface area contributed by atoms with Gasteiger partial charge in [0, 0.05) is 18.1 Å². The second-order valence-electron chi connectivity index (χ2n) is 4.54. The smallest absolute Gasteiger partial charge is 0.222 e. The van der Waals surface area contributed by atoms with E-state index in [0.717, 1.165) is 22.6 Å². The molecule has 96 valence electrons. The second kappa shape index (κ2) is 4.39. The summed E-state index contributed by atoms with van der Waals surface area (Å²) in [5.41, 5.74) is 5.06. The van der Waals surface area contributed by atoms with Gasteiger partial charge >= 0.3 is 0 Å². The lowest BCUT2D eigenvalue weighted by atomic mass is 10.1. The first-order valence-corrected chi connectivity index (χ1v) is 6.15. The number of aryl methyl sites for hydroxylation is 2. The van der Waals surface area contributed by atoms with Crippen molar-refractivity contribution in [3.8, 4) is 17.1 Å². The molecule has 4 nitrogen and oxygen atoms in total. The van der Waals surface area contributed by atoms with Crippen LogP contribution in [0.3, 0.4) is 0 Å². The number of ether oxygens (including phenoxy) is 1. The summed E-state index contributed by atoms with van der Waals surface area (Å²) < 4.78 is 7.39. The molecule has 3 heterocycles. The van der Waals surface area contributed by atoms with Crippen molar-refractivity contribution in [2.45, 2.75) is 13.8 Å². The number of nitrogens with zero attached hydrogens (tertiary/aromatic N) is 3. The van der Waals surface area contributed by atoms with Gasteiger partial charge in [-0.2, -0.15) is 0 Å².